The van der Waals surface area contributed by atoms with Gasteiger partial charge in [-0.15, -0.1) is 0 Å². The van der Waals surface area contributed by atoms with Crippen molar-refractivity contribution in [3.63, 3.8) is 0 Å². The van der Waals surface area contributed by atoms with Crippen LogP contribution in [0, 0.1) is 6.92 Å². The van der Waals surface area contributed by atoms with Gasteiger partial charge in [-0.25, -0.2) is 16.8 Å². The van der Waals surface area contributed by atoms with Gasteiger partial charge in [0.1, 0.15) is 0 Å². The molecule has 5 nitrogen and oxygen atoms in total. The average Bonchev–Trinajstić information content (AvgIpc) is 2.65. The number of hydrogen-bond acceptors (Lipinski definition) is 4. The zero-order chi connectivity index (χ0) is 18.8. The van der Waals surface area contributed by atoms with Crippen molar-refractivity contribution in [1.82, 2.24) is 0 Å². The molecule has 0 heterocycles. The first-order chi connectivity index (χ1) is 12.3. The van der Waals surface area contributed by atoms with Gasteiger partial charge in [-0.3, -0.25) is 0 Å². The Bertz CT molecular complexity index is 1040. The minimum atomic E-state index is -4.34. The molecule has 0 aliphatic rings. The van der Waals surface area contributed by atoms with Crippen LogP contribution in [0.25, 0.3) is 0 Å². The number of aryl methyl sites for hydroxylation is 1. The van der Waals surface area contributed by atoms with Crippen molar-refractivity contribution in [3.05, 3.63) is 90.5 Å². The van der Waals surface area contributed by atoms with Crippen LogP contribution in [0.5, 0.6) is 0 Å². The number of benzene rings is 3. The van der Waals surface area contributed by atoms with Gasteiger partial charge >= 0.3 is 0 Å². The summed E-state index contributed by atoms with van der Waals surface area (Å²) >= 11 is 0. The highest BCUT2D eigenvalue weighted by molar-refractivity contribution is 8.10. The lowest BCUT2D eigenvalue weighted by molar-refractivity contribution is 0.584. The van der Waals surface area contributed by atoms with Crippen LogP contribution in [0.1, 0.15) is 5.56 Å². The van der Waals surface area contributed by atoms with Gasteiger partial charge in [0.15, 0.2) is 0 Å². The van der Waals surface area contributed by atoms with E-state index >= 15 is 0 Å². The summed E-state index contributed by atoms with van der Waals surface area (Å²) in [5, 5.41) is 0. The Balaban J connectivity index is 2.31. The number of hydrogen-bond donors (Lipinski definition) is 0. The maximum absolute atomic E-state index is 13.3. The summed E-state index contributed by atoms with van der Waals surface area (Å²) < 4.78 is 53.5. The molecule has 0 amide bonds. The van der Waals surface area contributed by atoms with Gasteiger partial charge in [0, 0.05) is 0 Å². The standard InChI is InChI=1S/C19H17NO4S2/c1-16-10-8-9-15-19(16)20(25(21,22)17-11-4-2-5-12-17)26(23,24)18-13-6-3-7-14-18/h2-15H,1H3. The zero-order valence-corrected chi connectivity index (χ0v) is 15.6. The monoisotopic (exact) mass is 387 g/mol. The van der Waals surface area contributed by atoms with Crippen LogP contribution in [0.2, 0.25) is 0 Å². The molecular weight excluding hydrogens is 370 g/mol. The first-order valence-electron chi connectivity index (χ1n) is 7.81. The molecule has 0 radical (unpaired) electrons. The summed E-state index contributed by atoms with van der Waals surface area (Å²) in [7, 11) is -8.67. The SMILES string of the molecule is Cc1ccccc1N(S(=O)(=O)c1ccccc1)S(=O)(=O)c1ccccc1. The van der Waals surface area contributed by atoms with Crippen LogP contribution in [0.15, 0.2) is 94.7 Å². The molecule has 0 atom stereocenters. The van der Waals surface area contributed by atoms with Gasteiger partial charge in [-0.1, -0.05) is 54.6 Å². The molecule has 0 aromatic heterocycles. The smallest absolute Gasteiger partial charge is 0.200 e. The topological polar surface area (TPSA) is 71.5 Å². The number of rotatable bonds is 5. The summed E-state index contributed by atoms with van der Waals surface area (Å²) in [4.78, 5) is -0.189. The van der Waals surface area contributed by atoms with Crippen molar-refractivity contribution in [2.75, 3.05) is 3.71 Å². The van der Waals surface area contributed by atoms with E-state index in [0.717, 1.165) is 0 Å². The minimum Gasteiger partial charge on any atom is -0.200 e. The van der Waals surface area contributed by atoms with E-state index in [4.69, 9.17) is 0 Å². The van der Waals surface area contributed by atoms with E-state index in [0.29, 0.717) is 9.27 Å². The van der Waals surface area contributed by atoms with Gasteiger partial charge in [-0.2, -0.15) is 3.71 Å². The first-order valence-corrected chi connectivity index (χ1v) is 10.7. The molecule has 3 aromatic carbocycles. The van der Waals surface area contributed by atoms with Gasteiger partial charge in [0.05, 0.1) is 15.5 Å². The third-order valence-electron chi connectivity index (χ3n) is 3.83. The number of nitrogens with zero attached hydrogens (tertiary/aromatic N) is 1. The van der Waals surface area contributed by atoms with E-state index in [1.165, 1.54) is 30.3 Å². The van der Waals surface area contributed by atoms with E-state index in [2.05, 4.69) is 0 Å². The normalized spacial score (nSPS) is 11.9. The van der Waals surface area contributed by atoms with Crippen molar-refractivity contribution in [2.24, 2.45) is 0 Å². The lowest BCUT2D eigenvalue weighted by Gasteiger charge is -2.25. The van der Waals surface area contributed by atoms with Gasteiger partial charge in [-0.05, 0) is 42.8 Å². The molecular formula is C19H17NO4S2. The highest BCUT2D eigenvalue weighted by atomic mass is 32.3. The van der Waals surface area contributed by atoms with Crippen LogP contribution < -0.4 is 3.71 Å². The summed E-state index contributed by atoms with van der Waals surface area (Å²) in [5.41, 5.74) is 0.631. The van der Waals surface area contributed by atoms with Crippen molar-refractivity contribution < 1.29 is 16.8 Å². The summed E-state index contributed by atoms with van der Waals surface area (Å²) in [6.45, 7) is 1.67. The molecule has 0 aliphatic heterocycles. The molecule has 0 aliphatic carbocycles. The summed E-state index contributed by atoms with van der Waals surface area (Å²) in [6.07, 6.45) is 0. The van der Waals surface area contributed by atoms with Crippen LogP contribution >= 0.6 is 0 Å². The highest BCUT2D eigenvalue weighted by Gasteiger charge is 2.37. The van der Waals surface area contributed by atoms with Gasteiger partial charge in [0.2, 0.25) is 0 Å². The van der Waals surface area contributed by atoms with Crippen LogP contribution in [-0.4, -0.2) is 16.8 Å². The van der Waals surface area contributed by atoms with E-state index in [-0.39, 0.29) is 15.5 Å². The van der Waals surface area contributed by atoms with Gasteiger partial charge in [0.25, 0.3) is 20.0 Å². The summed E-state index contributed by atoms with van der Waals surface area (Å²) in [6, 6.07) is 21.5. The third-order valence-corrected chi connectivity index (χ3v) is 8.01. The molecule has 0 saturated heterocycles. The van der Waals surface area contributed by atoms with Gasteiger partial charge < -0.3 is 0 Å². The molecule has 0 saturated carbocycles. The second-order valence-electron chi connectivity index (χ2n) is 5.62. The fourth-order valence-corrected chi connectivity index (χ4v) is 6.40. The minimum absolute atomic E-state index is 0.0947. The van der Waals surface area contributed by atoms with Crippen molar-refractivity contribution in [2.45, 2.75) is 16.7 Å². The molecule has 7 heteroatoms. The predicted octanol–water partition coefficient (Wildman–Crippen LogP) is 3.58. The zero-order valence-electron chi connectivity index (χ0n) is 14.0. The Kier molecular flexibility index (Phi) is 4.84. The molecule has 26 heavy (non-hydrogen) atoms. The van der Waals surface area contributed by atoms with Crippen LogP contribution in [-0.2, 0) is 20.0 Å². The maximum atomic E-state index is 13.3. The predicted molar refractivity (Wildman–Crippen MR) is 101 cm³/mol. The number of anilines is 1. The lowest BCUT2D eigenvalue weighted by atomic mass is 10.2. The molecule has 0 fully saturated rings. The van der Waals surface area contributed by atoms with E-state index in [1.54, 1.807) is 61.5 Å². The number of sulfonamides is 2. The van der Waals surface area contributed by atoms with Crippen LogP contribution in [0.3, 0.4) is 0 Å². The largest absolute Gasteiger partial charge is 0.277 e. The number of para-hydroxylation sites is 1. The fraction of sp³-hybridized carbons (Fsp3) is 0.0526. The second kappa shape index (κ2) is 6.93. The maximum Gasteiger partial charge on any atom is 0.277 e. The molecule has 0 N–H and O–H groups in total. The average molecular weight is 387 g/mol. The Labute approximate surface area is 153 Å². The van der Waals surface area contributed by atoms with Crippen molar-refractivity contribution >= 4 is 25.7 Å². The molecule has 0 spiro atoms. The third kappa shape index (κ3) is 3.23. The second-order valence-corrected chi connectivity index (χ2v) is 9.42. The first kappa shape index (κ1) is 18.2. The van der Waals surface area contributed by atoms with E-state index in [1.807, 2.05) is 0 Å². The molecule has 3 rings (SSSR count). The van der Waals surface area contributed by atoms with Crippen LogP contribution in [0.4, 0.5) is 5.69 Å². The molecule has 0 unspecified atom stereocenters. The van der Waals surface area contributed by atoms with Crippen molar-refractivity contribution in [3.8, 4) is 0 Å². The molecule has 134 valence electrons. The van der Waals surface area contributed by atoms with E-state index < -0.39 is 20.0 Å². The summed E-state index contributed by atoms with van der Waals surface area (Å²) in [5.74, 6) is 0. The Morgan fingerprint density at radius 1 is 0.577 bits per heavy atom. The highest BCUT2D eigenvalue weighted by Crippen LogP contribution is 2.32. The Hall–Kier alpha value is -2.64. The quantitative estimate of drug-likeness (QED) is 0.671. The van der Waals surface area contributed by atoms with Crippen molar-refractivity contribution in [1.29, 1.82) is 0 Å². The fourth-order valence-electron chi connectivity index (χ4n) is 2.53. The Morgan fingerprint density at radius 2 is 0.962 bits per heavy atom. The Morgan fingerprint density at radius 3 is 1.38 bits per heavy atom. The van der Waals surface area contributed by atoms with E-state index in [9.17, 15) is 16.8 Å². The molecule has 0 bridgehead atoms. The molecule has 3 aromatic rings. The lowest BCUT2D eigenvalue weighted by Crippen LogP contribution is -2.37.